The topological polar surface area (TPSA) is 32.3 Å². The number of carbonyl (C=O) groups is 1. The molecule has 0 saturated carbocycles. The molecule has 0 saturated heterocycles. The van der Waals surface area contributed by atoms with Crippen LogP contribution in [0.1, 0.15) is 28.8 Å². The molecule has 3 nitrogen and oxygen atoms in total. The number of amides is 1. The van der Waals surface area contributed by atoms with Gasteiger partial charge in [-0.3, -0.25) is 4.79 Å². The van der Waals surface area contributed by atoms with E-state index in [0.717, 1.165) is 25.2 Å². The van der Waals surface area contributed by atoms with Crippen molar-refractivity contribution in [3.8, 4) is 0 Å². The van der Waals surface area contributed by atoms with E-state index in [4.69, 9.17) is 0 Å². The third-order valence-corrected chi connectivity index (χ3v) is 3.19. The van der Waals surface area contributed by atoms with Crippen LogP contribution in [0.4, 0.5) is 0 Å². The Morgan fingerprint density at radius 2 is 2.19 bits per heavy atom. The van der Waals surface area contributed by atoms with Gasteiger partial charge in [0.05, 0.1) is 0 Å². The van der Waals surface area contributed by atoms with Crippen LogP contribution >= 0.6 is 0 Å². The highest BCUT2D eigenvalue weighted by atomic mass is 16.2. The van der Waals surface area contributed by atoms with Gasteiger partial charge >= 0.3 is 0 Å². The monoisotopic (exact) mass is 218 g/mol. The Bertz CT molecular complexity index is 389. The zero-order valence-corrected chi connectivity index (χ0v) is 9.86. The fourth-order valence-corrected chi connectivity index (χ4v) is 2.36. The van der Waals surface area contributed by atoms with E-state index in [2.05, 4.69) is 11.4 Å². The molecule has 1 amide bonds. The van der Waals surface area contributed by atoms with Gasteiger partial charge in [-0.05, 0) is 25.6 Å². The lowest BCUT2D eigenvalue weighted by molar-refractivity contribution is 0.0731. The Balaban J connectivity index is 2.38. The molecule has 0 aliphatic carbocycles. The first-order valence-corrected chi connectivity index (χ1v) is 5.80. The third kappa shape index (κ3) is 1.83. The smallest absolute Gasteiger partial charge is 0.254 e. The molecule has 0 radical (unpaired) electrons. The van der Waals surface area contributed by atoms with Gasteiger partial charge in [0.1, 0.15) is 0 Å². The Labute approximate surface area is 96.5 Å². The number of fused-ring (bicyclic) bond motifs is 1. The molecule has 86 valence electrons. The first-order valence-electron chi connectivity index (χ1n) is 5.80. The van der Waals surface area contributed by atoms with Gasteiger partial charge in [0.25, 0.3) is 5.91 Å². The fourth-order valence-electron chi connectivity index (χ4n) is 2.36. The van der Waals surface area contributed by atoms with Crippen molar-refractivity contribution in [2.75, 3.05) is 26.7 Å². The molecular weight excluding hydrogens is 200 g/mol. The summed E-state index contributed by atoms with van der Waals surface area (Å²) in [4.78, 5) is 14.0. The van der Waals surface area contributed by atoms with Crippen LogP contribution in [-0.2, 0) is 0 Å². The number of nitrogens with one attached hydrogen (secondary N) is 1. The van der Waals surface area contributed by atoms with Crippen molar-refractivity contribution < 1.29 is 4.79 Å². The first kappa shape index (κ1) is 11.1. The van der Waals surface area contributed by atoms with Gasteiger partial charge in [0, 0.05) is 31.1 Å². The molecule has 1 N–H and O–H groups in total. The van der Waals surface area contributed by atoms with Crippen LogP contribution in [0.2, 0.25) is 0 Å². The summed E-state index contributed by atoms with van der Waals surface area (Å²) in [6.07, 6.45) is 0. The molecular formula is C13H18N2O. The molecule has 3 heteroatoms. The minimum Gasteiger partial charge on any atom is -0.338 e. The number of carbonyl (C=O) groups excluding carboxylic acids is 1. The van der Waals surface area contributed by atoms with Crippen molar-refractivity contribution in [1.82, 2.24) is 10.2 Å². The van der Waals surface area contributed by atoms with E-state index >= 15 is 0 Å². The zero-order valence-electron chi connectivity index (χ0n) is 9.86. The second-order valence-corrected chi connectivity index (χ2v) is 4.19. The number of likely N-dealkylation sites (N-methyl/N-ethyl adjacent to an activating group) is 2. The summed E-state index contributed by atoms with van der Waals surface area (Å²) in [5.74, 6) is 0.587. The van der Waals surface area contributed by atoms with Gasteiger partial charge < -0.3 is 10.2 Å². The highest BCUT2D eigenvalue weighted by Gasteiger charge is 2.29. The standard InChI is InChI=1S/C13H18N2O/c1-3-15-9-10(8-14-2)11-6-4-5-7-12(11)13(15)16/h4-7,10,14H,3,8-9H2,1-2H3. The normalized spacial score (nSPS) is 19.8. The molecule has 1 aliphatic heterocycles. The van der Waals surface area contributed by atoms with Crippen LogP contribution in [0.15, 0.2) is 24.3 Å². The minimum atomic E-state index is 0.172. The summed E-state index contributed by atoms with van der Waals surface area (Å²) in [5.41, 5.74) is 2.06. The maximum atomic E-state index is 12.1. The number of benzene rings is 1. The molecule has 1 unspecified atom stereocenters. The second kappa shape index (κ2) is 4.66. The Kier molecular flexibility index (Phi) is 3.25. The van der Waals surface area contributed by atoms with Crippen LogP contribution in [0.3, 0.4) is 0 Å². The van der Waals surface area contributed by atoms with Crippen LogP contribution in [0, 0.1) is 0 Å². The van der Waals surface area contributed by atoms with Gasteiger partial charge in [0.2, 0.25) is 0 Å². The number of hydrogen-bond acceptors (Lipinski definition) is 2. The molecule has 1 aliphatic rings. The minimum absolute atomic E-state index is 0.172. The fraction of sp³-hybridized carbons (Fsp3) is 0.462. The Morgan fingerprint density at radius 1 is 1.44 bits per heavy atom. The predicted molar refractivity (Wildman–Crippen MR) is 64.7 cm³/mol. The number of rotatable bonds is 3. The largest absolute Gasteiger partial charge is 0.338 e. The van der Waals surface area contributed by atoms with E-state index in [1.807, 2.05) is 37.1 Å². The molecule has 0 aromatic heterocycles. The lowest BCUT2D eigenvalue weighted by Gasteiger charge is -2.33. The molecule has 2 rings (SSSR count). The molecule has 0 fully saturated rings. The molecule has 0 bridgehead atoms. The maximum absolute atomic E-state index is 12.1. The van der Waals surface area contributed by atoms with E-state index in [1.165, 1.54) is 5.56 Å². The molecule has 1 atom stereocenters. The molecule has 1 heterocycles. The van der Waals surface area contributed by atoms with Gasteiger partial charge in [-0.1, -0.05) is 18.2 Å². The van der Waals surface area contributed by atoms with E-state index in [1.54, 1.807) is 0 Å². The summed E-state index contributed by atoms with van der Waals surface area (Å²) in [7, 11) is 1.95. The van der Waals surface area contributed by atoms with Crippen LogP contribution in [0.25, 0.3) is 0 Å². The highest BCUT2D eigenvalue weighted by molar-refractivity contribution is 5.97. The van der Waals surface area contributed by atoms with E-state index < -0.39 is 0 Å². The summed E-state index contributed by atoms with van der Waals surface area (Å²) >= 11 is 0. The van der Waals surface area contributed by atoms with E-state index in [0.29, 0.717) is 5.92 Å². The van der Waals surface area contributed by atoms with Crippen LogP contribution < -0.4 is 5.32 Å². The van der Waals surface area contributed by atoms with Crippen LogP contribution in [-0.4, -0.2) is 37.5 Å². The summed E-state index contributed by atoms with van der Waals surface area (Å²) in [6, 6.07) is 7.95. The summed E-state index contributed by atoms with van der Waals surface area (Å²) < 4.78 is 0. The van der Waals surface area contributed by atoms with Gasteiger partial charge in [-0.15, -0.1) is 0 Å². The molecule has 1 aromatic carbocycles. The lowest BCUT2D eigenvalue weighted by Crippen LogP contribution is -2.42. The highest BCUT2D eigenvalue weighted by Crippen LogP contribution is 2.27. The van der Waals surface area contributed by atoms with Crippen molar-refractivity contribution in [2.45, 2.75) is 12.8 Å². The third-order valence-electron chi connectivity index (χ3n) is 3.19. The maximum Gasteiger partial charge on any atom is 0.254 e. The van der Waals surface area contributed by atoms with Crippen molar-refractivity contribution in [1.29, 1.82) is 0 Å². The predicted octanol–water partition coefficient (Wildman–Crippen LogP) is 1.47. The zero-order chi connectivity index (χ0) is 11.5. The van der Waals surface area contributed by atoms with Crippen molar-refractivity contribution in [2.24, 2.45) is 0 Å². The average Bonchev–Trinajstić information content (AvgIpc) is 2.33. The lowest BCUT2D eigenvalue weighted by atomic mass is 9.89. The SMILES string of the molecule is CCN1CC(CNC)c2ccccc2C1=O. The number of hydrogen-bond donors (Lipinski definition) is 1. The Hall–Kier alpha value is -1.35. The quantitative estimate of drug-likeness (QED) is 0.833. The summed E-state index contributed by atoms with van der Waals surface area (Å²) in [5, 5.41) is 3.20. The van der Waals surface area contributed by atoms with Crippen molar-refractivity contribution in [3.63, 3.8) is 0 Å². The molecule has 1 aromatic rings. The van der Waals surface area contributed by atoms with E-state index in [9.17, 15) is 4.79 Å². The number of nitrogens with zero attached hydrogens (tertiary/aromatic N) is 1. The Morgan fingerprint density at radius 3 is 2.88 bits per heavy atom. The van der Waals surface area contributed by atoms with Gasteiger partial charge in [-0.2, -0.15) is 0 Å². The average molecular weight is 218 g/mol. The van der Waals surface area contributed by atoms with Crippen molar-refractivity contribution in [3.05, 3.63) is 35.4 Å². The van der Waals surface area contributed by atoms with Gasteiger partial charge in [-0.25, -0.2) is 0 Å². The van der Waals surface area contributed by atoms with Crippen molar-refractivity contribution >= 4 is 5.91 Å². The summed E-state index contributed by atoms with van der Waals surface area (Å²) in [6.45, 7) is 4.56. The first-order chi connectivity index (χ1) is 7.77. The van der Waals surface area contributed by atoms with E-state index in [-0.39, 0.29) is 5.91 Å². The molecule has 0 spiro atoms. The van der Waals surface area contributed by atoms with Crippen LogP contribution in [0.5, 0.6) is 0 Å². The molecule has 16 heavy (non-hydrogen) atoms. The van der Waals surface area contributed by atoms with Gasteiger partial charge in [0.15, 0.2) is 0 Å². The second-order valence-electron chi connectivity index (χ2n) is 4.19.